The molecule has 2 aromatic rings. The Hall–Kier alpha value is -1.87. The number of aldehydes is 1. The summed E-state index contributed by atoms with van der Waals surface area (Å²) >= 11 is 0. The maximum Gasteiger partial charge on any atom is 0.125 e. The molecule has 0 radical (unpaired) electrons. The van der Waals surface area contributed by atoms with Crippen LogP contribution in [-0.2, 0) is 11.2 Å². The number of carbonyl (C=O) groups excluding carboxylic acids is 1. The Morgan fingerprint density at radius 2 is 2.18 bits per heavy atom. The number of aromatic nitrogens is 1. The van der Waals surface area contributed by atoms with Crippen molar-refractivity contribution in [2.45, 2.75) is 31.8 Å². The highest BCUT2D eigenvalue weighted by molar-refractivity contribution is 5.85. The lowest BCUT2D eigenvalue weighted by molar-refractivity contribution is -0.121. The first kappa shape index (κ1) is 12.7. The molecule has 22 heavy (non-hydrogen) atoms. The number of aromatic amines is 1. The number of hydrogen-bond acceptors (Lipinski definition) is 2. The van der Waals surface area contributed by atoms with Crippen LogP contribution in [0.2, 0.25) is 0 Å². The van der Waals surface area contributed by atoms with Crippen molar-refractivity contribution in [3.05, 3.63) is 47.2 Å². The van der Waals surface area contributed by atoms with Gasteiger partial charge in [-0.1, -0.05) is 29.8 Å². The quantitative estimate of drug-likeness (QED) is 0.647. The Bertz CT molecular complexity index is 803. The van der Waals surface area contributed by atoms with E-state index in [-0.39, 0.29) is 5.92 Å². The lowest BCUT2D eigenvalue weighted by Crippen LogP contribution is -2.60. The summed E-state index contributed by atoms with van der Waals surface area (Å²) in [5, 5.41) is 1.35. The number of nitrogens with one attached hydrogen (secondary N) is 1. The van der Waals surface area contributed by atoms with Crippen LogP contribution in [0.1, 0.15) is 30.6 Å². The Morgan fingerprint density at radius 3 is 3.00 bits per heavy atom. The number of fused-ring (bicyclic) bond motifs is 4. The summed E-state index contributed by atoms with van der Waals surface area (Å²) in [6.45, 7) is 3.15. The van der Waals surface area contributed by atoms with Crippen LogP contribution in [0.25, 0.3) is 10.9 Å². The first-order valence-corrected chi connectivity index (χ1v) is 8.27. The Kier molecular flexibility index (Phi) is 2.49. The lowest BCUT2D eigenvalue weighted by Gasteiger charge is -2.57. The number of para-hydroxylation sites is 1. The number of carbonyl (C=O) groups is 1. The van der Waals surface area contributed by atoms with Gasteiger partial charge in [0.15, 0.2) is 0 Å². The van der Waals surface area contributed by atoms with Crippen LogP contribution in [0.4, 0.5) is 0 Å². The molecule has 1 aromatic carbocycles. The molecule has 0 spiro atoms. The number of allylic oxidation sites excluding steroid dienone is 1. The van der Waals surface area contributed by atoms with E-state index in [4.69, 9.17) is 0 Å². The van der Waals surface area contributed by atoms with E-state index in [1.807, 2.05) is 0 Å². The van der Waals surface area contributed by atoms with Crippen LogP contribution in [0.15, 0.2) is 35.9 Å². The zero-order valence-corrected chi connectivity index (χ0v) is 12.8. The summed E-state index contributed by atoms with van der Waals surface area (Å²) in [4.78, 5) is 18.0. The molecule has 3 fully saturated rings. The van der Waals surface area contributed by atoms with Gasteiger partial charge in [0.25, 0.3) is 0 Å². The topological polar surface area (TPSA) is 36.1 Å². The fourth-order valence-corrected chi connectivity index (χ4v) is 5.17. The van der Waals surface area contributed by atoms with Gasteiger partial charge in [-0.05, 0) is 37.3 Å². The fourth-order valence-electron chi connectivity index (χ4n) is 5.17. The summed E-state index contributed by atoms with van der Waals surface area (Å²) in [5.41, 5.74) is 5.56. The molecule has 3 nitrogen and oxygen atoms in total. The van der Waals surface area contributed by atoms with Crippen LogP contribution in [-0.4, -0.2) is 28.8 Å². The number of piperidine rings is 3. The Balaban J connectivity index is 1.70. The highest BCUT2D eigenvalue weighted by Crippen LogP contribution is 2.53. The molecule has 5 heterocycles. The SMILES string of the molecule is CC=C1CN2C3CC1C(C=O)C2Cc1c3[nH]c2ccccc12. The standard InChI is InChI=1S/C19H20N2O/c1-2-11-9-21-17-8-14-12-5-3-4-6-16(12)20-19(14)18(21)7-13(11)15(17)10-22/h2-6,10,13,15,17-18,20H,7-9H2,1H3. The maximum absolute atomic E-state index is 11.8. The number of benzene rings is 1. The second kappa shape index (κ2) is 4.32. The second-order valence-electron chi connectivity index (χ2n) is 6.94. The highest BCUT2D eigenvalue weighted by atomic mass is 16.1. The van der Waals surface area contributed by atoms with Crippen LogP contribution >= 0.6 is 0 Å². The smallest absolute Gasteiger partial charge is 0.125 e. The minimum absolute atomic E-state index is 0.165. The van der Waals surface area contributed by atoms with E-state index >= 15 is 0 Å². The van der Waals surface area contributed by atoms with Crippen molar-refractivity contribution in [3.63, 3.8) is 0 Å². The first-order chi connectivity index (χ1) is 10.8. The van der Waals surface area contributed by atoms with Gasteiger partial charge < -0.3 is 9.78 Å². The van der Waals surface area contributed by atoms with Gasteiger partial charge in [0.2, 0.25) is 0 Å². The van der Waals surface area contributed by atoms with Gasteiger partial charge in [0.05, 0.1) is 6.04 Å². The largest absolute Gasteiger partial charge is 0.357 e. The molecule has 1 N–H and O–H groups in total. The molecule has 4 aliphatic heterocycles. The van der Waals surface area contributed by atoms with Crippen molar-refractivity contribution < 1.29 is 4.79 Å². The molecule has 6 rings (SSSR count). The average molecular weight is 292 g/mol. The van der Waals surface area contributed by atoms with E-state index < -0.39 is 0 Å². The van der Waals surface area contributed by atoms with Crippen molar-refractivity contribution in [1.82, 2.24) is 9.88 Å². The molecule has 4 bridgehead atoms. The summed E-state index contributed by atoms with van der Waals surface area (Å²) in [6.07, 6.45) is 5.54. The summed E-state index contributed by atoms with van der Waals surface area (Å²) in [6, 6.07) is 9.44. The predicted octanol–water partition coefficient (Wildman–Crippen LogP) is 3.23. The van der Waals surface area contributed by atoms with Crippen LogP contribution in [0.5, 0.6) is 0 Å². The predicted molar refractivity (Wildman–Crippen MR) is 86.7 cm³/mol. The van der Waals surface area contributed by atoms with E-state index in [2.05, 4.69) is 47.1 Å². The zero-order chi connectivity index (χ0) is 14.8. The molecule has 0 amide bonds. The third kappa shape index (κ3) is 1.42. The second-order valence-corrected chi connectivity index (χ2v) is 6.94. The first-order valence-electron chi connectivity index (χ1n) is 8.27. The summed E-state index contributed by atoms with van der Waals surface area (Å²) in [5.74, 6) is 0.611. The highest BCUT2D eigenvalue weighted by Gasteiger charge is 2.52. The van der Waals surface area contributed by atoms with Gasteiger partial charge in [-0.25, -0.2) is 0 Å². The summed E-state index contributed by atoms with van der Waals surface area (Å²) < 4.78 is 0. The Labute approximate surface area is 130 Å². The van der Waals surface area contributed by atoms with Gasteiger partial charge in [0, 0.05) is 35.1 Å². The van der Waals surface area contributed by atoms with Gasteiger partial charge in [-0.3, -0.25) is 4.90 Å². The third-order valence-corrected chi connectivity index (χ3v) is 6.17. The van der Waals surface area contributed by atoms with Gasteiger partial charge in [-0.15, -0.1) is 0 Å². The molecule has 112 valence electrons. The van der Waals surface area contributed by atoms with Crippen molar-refractivity contribution in [2.24, 2.45) is 11.8 Å². The van der Waals surface area contributed by atoms with E-state index in [1.165, 1.54) is 34.0 Å². The monoisotopic (exact) mass is 292 g/mol. The molecule has 3 heteroatoms. The molecule has 5 unspecified atom stereocenters. The fraction of sp³-hybridized carbons (Fsp3) is 0.421. The Morgan fingerprint density at radius 1 is 1.32 bits per heavy atom. The van der Waals surface area contributed by atoms with Crippen molar-refractivity contribution in [2.75, 3.05) is 6.54 Å². The van der Waals surface area contributed by atoms with E-state index in [9.17, 15) is 4.79 Å². The van der Waals surface area contributed by atoms with Crippen LogP contribution < -0.4 is 0 Å². The zero-order valence-electron chi connectivity index (χ0n) is 12.8. The molecular formula is C19H20N2O. The van der Waals surface area contributed by atoms with Crippen molar-refractivity contribution in [3.8, 4) is 0 Å². The minimum atomic E-state index is 0.165. The van der Waals surface area contributed by atoms with Crippen LogP contribution in [0.3, 0.4) is 0 Å². The van der Waals surface area contributed by atoms with E-state index in [0.717, 1.165) is 19.4 Å². The van der Waals surface area contributed by atoms with Gasteiger partial charge in [-0.2, -0.15) is 0 Å². The minimum Gasteiger partial charge on any atom is -0.357 e. The summed E-state index contributed by atoms with van der Waals surface area (Å²) in [7, 11) is 0. The molecule has 1 aromatic heterocycles. The number of rotatable bonds is 1. The average Bonchev–Trinajstić information content (AvgIpc) is 2.93. The van der Waals surface area contributed by atoms with E-state index in [1.54, 1.807) is 0 Å². The normalized spacial score (nSPS) is 37.5. The molecule has 0 saturated carbocycles. The van der Waals surface area contributed by atoms with Gasteiger partial charge >= 0.3 is 0 Å². The van der Waals surface area contributed by atoms with Crippen LogP contribution in [0, 0.1) is 11.8 Å². The third-order valence-electron chi connectivity index (χ3n) is 6.17. The lowest BCUT2D eigenvalue weighted by atomic mass is 9.64. The molecule has 0 aliphatic carbocycles. The van der Waals surface area contributed by atoms with Gasteiger partial charge in [0.1, 0.15) is 6.29 Å². The number of hydrogen-bond donors (Lipinski definition) is 1. The van der Waals surface area contributed by atoms with Crippen molar-refractivity contribution >= 4 is 17.2 Å². The maximum atomic E-state index is 11.8. The number of nitrogens with zero attached hydrogens (tertiary/aromatic N) is 1. The van der Waals surface area contributed by atoms with Crippen molar-refractivity contribution in [1.29, 1.82) is 0 Å². The van der Waals surface area contributed by atoms with E-state index in [0.29, 0.717) is 18.0 Å². The molecule has 3 saturated heterocycles. The molecule has 4 aliphatic rings. The number of H-pyrrole nitrogens is 1. The molecule has 5 atom stereocenters. The molecular weight excluding hydrogens is 272 g/mol.